The summed E-state index contributed by atoms with van der Waals surface area (Å²) in [4.78, 5) is 34.9. The Morgan fingerprint density at radius 1 is 1.12 bits per heavy atom. The van der Waals surface area contributed by atoms with Crippen LogP contribution in [0, 0.1) is 20.8 Å². The highest BCUT2D eigenvalue weighted by molar-refractivity contribution is 6.02. The summed E-state index contributed by atoms with van der Waals surface area (Å²) in [7, 11) is 0. The standard InChI is InChI=1S/C25H38N4O3/c1-8-20(26-19(7)12-11-13-28(9-2)10-3)21-23(30)27-25(32)29(24(21)31)22-17(5)14-16(4)15-18(22)6/h14-15,19,31H,8-13H2,1-7H3,(H,27,30,32)/t19-/m0/s1. The van der Waals surface area contributed by atoms with Gasteiger partial charge in [0.05, 0.1) is 11.4 Å². The van der Waals surface area contributed by atoms with Crippen molar-refractivity contribution in [2.45, 2.75) is 73.8 Å². The molecule has 0 fully saturated rings. The van der Waals surface area contributed by atoms with Crippen LogP contribution in [0.15, 0.2) is 26.7 Å². The van der Waals surface area contributed by atoms with Crippen molar-refractivity contribution in [3.05, 3.63) is 55.2 Å². The molecule has 2 N–H and O–H groups in total. The lowest BCUT2D eigenvalue weighted by Crippen LogP contribution is -2.34. The molecule has 7 heteroatoms. The number of hydrogen-bond acceptors (Lipinski definition) is 5. The van der Waals surface area contributed by atoms with E-state index in [0.29, 0.717) is 17.8 Å². The van der Waals surface area contributed by atoms with Gasteiger partial charge < -0.3 is 10.0 Å². The molecule has 1 aromatic carbocycles. The van der Waals surface area contributed by atoms with Gasteiger partial charge in [0.1, 0.15) is 5.56 Å². The van der Waals surface area contributed by atoms with Crippen molar-refractivity contribution in [1.82, 2.24) is 14.5 Å². The predicted octanol–water partition coefficient (Wildman–Crippen LogP) is 3.87. The SMILES string of the molecule is CCC(=N[C@@H](C)CCCN(CC)CC)c1c(O)n(-c2c(C)cc(C)cc2C)c(=O)[nH]c1=O. The van der Waals surface area contributed by atoms with Crippen molar-refractivity contribution in [3.63, 3.8) is 0 Å². The maximum Gasteiger partial charge on any atom is 0.335 e. The fraction of sp³-hybridized carbons (Fsp3) is 0.560. The maximum absolute atomic E-state index is 12.7. The van der Waals surface area contributed by atoms with Crippen LogP contribution in [0.5, 0.6) is 5.88 Å². The minimum absolute atomic E-state index is 0.00235. The van der Waals surface area contributed by atoms with Crippen LogP contribution in [0.25, 0.3) is 5.69 Å². The molecule has 1 aromatic heterocycles. The minimum atomic E-state index is -0.658. The van der Waals surface area contributed by atoms with Gasteiger partial charge in [-0.3, -0.25) is 14.8 Å². The Morgan fingerprint density at radius 3 is 2.25 bits per heavy atom. The third kappa shape index (κ3) is 5.76. The Bertz CT molecular complexity index is 1050. The van der Waals surface area contributed by atoms with Gasteiger partial charge in [0.2, 0.25) is 5.88 Å². The van der Waals surface area contributed by atoms with Crippen molar-refractivity contribution < 1.29 is 5.11 Å². The first-order chi connectivity index (χ1) is 15.1. The van der Waals surface area contributed by atoms with Gasteiger partial charge in [-0.25, -0.2) is 9.36 Å². The first-order valence-corrected chi connectivity index (χ1v) is 11.6. The predicted molar refractivity (Wildman–Crippen MR) is 132 cm³/mol. The number of aromatic hydroxyl groups is 1. The molecule has 176 valence electrons. The van der Waals surface area contributed by atoms with Crippen LogP contribution in [-0.2, 0) is 0 Å². The van der Waals surface area contributed by atoms with Gasteiger partial charge in [-0.15, -0.1) is 0 Å². The van der Waals surface area contributed by atoms with Crippen LogP contribution >= 0.6 is 0 Å². The highest BCUT2D eigenvalue weighted by Crippen LogP contribution is 2.25. The Morgan fingerprint density at radius 2 is 1.72 bits per heavy atom. The molecule has 0 aliphatic rings. The molecule has 0 saturated carbocycles. The summed E-state index contributed by atoms with van der Waals surface area (Å²) in [5.41, 5.74) is 2.65. The second-order valence-electron chi connectivity index (χ2n) is 8.49. The normalized spacial score (nSPS) is 13.1. The number of aliphatic imine (C=N–C) groups is 1. The molecule has 0 amide bonds. The number of H-pyrrole nitrogens is 1. The summed E-state index contributed by atoms with van der Waals surface area (Å²) in [5.74, 6) is -0.357. The highest BCUT2D eigenvalue weighted by Gasteiger charge is 2.22. The number of aromatic amines is 1. The molecule has 1 atom stereocenters. The van der Waals surface area contributed by atoms with Crippen LogP contribution in [0.3, 0.4) is 0 Å². The molecule has 2 rings (SSSR count). The highest BCUT2D eigenvalue weighted by atomic mass is 16.3. The second kappa shape index (κ2) is 11.3. The average Bonchev–Trinajstić information content (AvgIpc) is 2.71. The molecule has 0 saturated heterocycles. The first kappa shape index (κ1) is 25.6. The minimum Gasteiger partial charge on any atom is -0.493 e. The molecule has 0 unspecified atom stereocenters. The number of aryl methyl sites for hydroxylation is 3. The molecular formula is C25H38N4O3. The van der Waals surface area contributed by atoms with Crippen LogP contribution < -0.4 is 11.2 Å². The largest absolute Gasteiger partial charge is 0.493 e. The number of nitrogens with one attached hydrogen (secondary N) is 1. The molecule has 0 spiro atoms. The van der Waals surface area contributed by atoms with E-state index in [-0.39, 0.29) is 17.5 Å². The van der Waals surface area contributed by atoms with Gasteiger partial charge >= 0.3 is 5.69 Å². The van der Waals surface area contributed by atoms with Crippen molar-refractivity contribution >= 4 is 5.71 Å². The van der Waals surface area contributed by atoms with Gasteiger partial charge in [-0.1, -0.05) is 38.5 Å². The van der Waals surface area contributed by atoms with Crippen molar-refractivity contribution in [2.75, 3.05) is 19.6 Å². The lowest BCUT2D eigenvalue weighted by atomic mass is 10.0. The van der Waals surface area contributed by atoms with E-state index in [1.165, 1.54) is 4.57 Å². The lowest BCUT2D eigenvalue weighted by molar-refractivity contribution is 0.294. The summed E-state index contributed by atoms with van der Waals surface area (Å²) in [6.45, 7) is 17.0. The molecule has 7 nitrogen and oxygen atoms in total. The van der Waals surface area contributed by atoms with E-state index in [9.17, 15) is 14.7 Å². The Kier molecular flexibility index (Phi) is 9.01. The van der Waals surface area contributed by atoms with Crippen molar-refractivity contribution in [1.29, 1.82) is 0 Å². The van der Waals surface area contributed by atoms with E-state index >= 15 is 0 Å². The van der Waals surface area contributed by atoms with E-state index < -0.39 is 11.2 Å². The third-order valence-electron chi connectivity index (χ3n) is 5.94. The number of benzene rings is 1. The Hall–Kier alpha value is -2.67. The van der Waals surface area contributed by atoms with Crippen molar-refractivity contribution in [2.24, 2.45) is 4.99 Å². The quantitative estimate of drug-likeness (QED) is 0.547. The summed E-state index contributed by atoms with van der Waals surface area (Å²) in [6.07, 6.45) is 2.36. The Labute approximate surface area is 190 Å². The zero-order valence-corrected chi connectivity index (χ0v) is 20.6. The van der Waals surface area contributed by atoms with Gasteiger partial charge in [0.15, 0.2) is 0 Å². The van der Waals surface area contributed by atoms with Gasteiger partial charge in [-0.2, -0.15) is 0 Å². The maximum atomic E-state index is 12.7. The first-order valence-electron chi connectivity index (χ1n) is 11.6. The van der Waals surface area contributed by atoms with Crippen LogP contribution in [-0.4, -0.2) is 50.9 Å². The fourth-order valence-corrected chi connectivity index (χ4v) is 4.33. The third-order valence-corrected chi connectivity index (χ3v) is 5.94. The van der Waals surface area contributed by atoms with E-state index in [1.807, 2.05) is 46.8 Å². The van der Waals surface area contributed by atoms with E-state index in [1.54, 1.807) is 0 Å². The Balaban J connectivity index is 2.48. The molecule has 0 aliphatic carbocycles. The van der Waals surface area contributed by atoms with Crippen LogP contribution in [0.1, 0.15) is 69.2 Å². The summed E-state index contributed by atoms with van der Waals surface area (Å²) in [6, 6.07) is 3.90. The number of rotatable bonds is 10. The molecular weight excluding hydrogens is 404 g/mol. The lowest BCUT2D eigenvalue weighted by Gasteiger charge is -2.19. The van der Waals surface area contributed by atoms with E-state index in [2.05, 4.69) is 23.7 Å². The van der Waals surface area contributed by atoms with E-state index in [4.69, 9.17) is 4.99 Å². The molecule has 0 radical (unpaired) electrons. The topological polar surface area (TPSA) is 90.7 Å². The zero-order valence-electron chi connectivity index (χ0n) is 20.6. The number of hydrogen-bond donors (Lipinski definition) is 2. The van der Waals surface area contributed by atoms with Gasteiger partial charge in [-0.05, 0) is 77.7 Å². The molecule has 1 heterocycles. The fourth-order valence-electron chi connectivity index (χ4n) is 4.33. The monoisotopic (exact) mass is 442 g/mol. The summed E-state index contributed by atoms with van der Waals surface area (Å²) < 4.78 is 1.19. The van der Waals surface area contributed by atoms with E-state index in [0.717, 1.165) is 49.2 Å². The molecule has 2 aromatic rings. The van der Waals surface area contributed by atoms with Gasteiger partial charge in [0, 0.05) is 6.04 Å². The summed E-state index contributed by atoms with van der Waals surface area (Å²) >= 11 is 0. The smallest absolute Gasteiger partial charge is 0.335 e. The summed E-state index contributed by atoms with van der Waals surface area (Å²) in [5, 5.41) is 11.1. The molecule has 0 bridgehead atoms. The average molecular weight is 443 g/mol. The second-order valence-corrected chi connectivity index (χ2v) is 8.49. The van der Waals surface area contributed by atoms with Crippen LogP contribution in [0.4, 0.5) is 0 Å². The van der Waals surface area contributed by atoms with Crippen molar-refractivity contribution in [3.8, 4) is 11.6 Å². The van der Waals surface area contributed by atoms with Crippen LogP contribution in [0.2, 0.25) is 0 Å². The molecule has 32 heavy (non-hydrogen) atoms. The number of aromatic nitrogens is 2. The number of nitrogens with zero attached hydrogens (tertiary/aromatic N) is 3. The molecule has 0 aliphatic heterocycles. The zero-order chi connectivity index (χ0) is 24.0. The van der Waals surface area contributed by atoms with Gasteiger partial charge in [0.25, 0.3) is 5.56 Å².